The van der Waals surface area contributed by atoms with E-state index in [1.54, 1.807) is 0 Å². The average molecular weight is 396 g/mol. The van der Waals surface area contributed by atoms with E-state index in [1.165, 1.54) is 12.8 Å². The predicted octanol–water partition coefficient (Wildman–Crippen LogP) is 2.54. The van der Waals surface area contributed by atoms with Crippen LogP contribution in [0, 0.1) is 11.8 Å². The Morgan fingerprint density at radius 2 is 1.95 bits per heavy atom. The molecule has 0 amide bonds. The summed E-state index contributed by atoms with van der Waals surface area (Å²) in [6, 6.07) is 1.15. The molecule has 0 bridgehead atoms. The van der Waals surface area contributed by atoms with Gasteiger partial charge in [-0.3, -0.25) is 4.99 Å². The monoisotopic (exact) mass is 396 g/mol. The van der Waals surface area contributed by atoms with Gasteiger partial charge >= 0.3 is 0 Å². The normalized spacial score (nSPS) is 23.5. The molecule has 0 aliphatic heterocycles. The van der Waals surface area contributed by atoms with Crippen LogP contribution < -0.4 is 10.6 Å². The number of hydrogen-bond acceptors (Lipinski definition) is 2. The van der Waals surface area contributed by atoms with Crippen molar-refractivity contribution < 1.29 is 0 Å². The summed E-state index contributed by atoms with van der Waals surface area (Å²) >= 11 is 0. The van der Waals surface area contributed by atoms with Crippen molar-refractivity contribution in [2.45, 2.75) is 52.6 Å². The summed E-state index contributed by atoms with van der Waals surface area (Å²) < 4.78 is 0. The van der Waals surface area contributed by atoms with Crippen LogP contribution in [0.3, 0.4) is 0 Å². The van der Waals surface area contributed by atoms with Crippen molar-refractivity contribution in [2.24, 2.45) is 16.8 Å². The molecule has 1 fully saturated rings. The lowest BCUT2D eigenvalue weighted by Gasteiger charge is -2.24. The van der Waals surface area contributed by atoms with Crippen molar-refractivity contribution in [2.75, 3.05) is 27.2 Å². The molecular weight excluding hydrogens is 363 g/mol. The molecule has 0 spiro atoms. The fourth-order valence-corrected chi connectivity index (χ4v) is 2.21. The first kappa shape index (κ1) is 20.0. The number of guanidine groups is 1. The Labute approximate surface area is 142 Å². The van der Waals surface area contributed by atoms with E-state index in [1.807, 2.05) is 0 Å². The number of nitrogens with one attached hydrogen (secondary N) is 2. The lowest BCUT2D eigenvalue weighted by atomic mass is 10.0. The Kier molecular flexibility index (Phi) is 9.80. The van der Waals surface area contributed by atoms with Gasteiger partial charge in [-0.25, -0.2) is 0 Å². The molecule has 0 heterocycles. The first-order chi connectivity index (χ1) is 8.93. The van der Waals surface area contributed by atoms with E-state index in [-0.39, 0.29) is 24.0 Å². The van der Waals surface area contributed by atoms with Gasteiger partial charge in [0.2, 0.25) is 0 Å². The molecule has 1 rings (SSSR count). The summed E-state index contributed by atoms with van der Waals surface area (Å²) in [6.07, 6.45) is 2.46. The average Bonchev–Trinajstić information content (AvgIpc) is 2.99. The Bertz CT molecular complexity index is 292. The second-order valence-electron chi connectivity index (χ2n) is 6.43. The second kappa shape index (κ2) is 9.82. The minimum absolute atomic E-state index is 0. The Morgan fingerprint density at radius 1 is 1.35 bits per heavy atom. The van der Waals surface area contributed by atoms with Crippen molar-refractivity contribution in [1.82, 2.24) is 15.5 Å². The third kappa shape index (κ3) is 7.67. The van der Waals surface area contributed by atoms with E-state index in [9.17, 15) is 0 Å². The van der Waals surface area contributed by atoms with Crippen molar-refractivity contribution in [3.8, 4) is 0 Å². The molecular formula is C15H33IN4. The van der Waals surface area contributed by atoms with Crippen LogP contribution in [0.2, 0.25) is 0 Å². The highest BCUT2D eigenvalue weighted by Crippen LogP contribution is 2.28. The highest BCUT2D eigenvalue weighted by atomic mass is 127. The first-order valence-electron chi connectivity index (χ1n) is 7.65. The molecule has 2 N–H and O–H groups in total. The first-order valence-corrected chi connectivity index (χ1v) is 7.65. The van der Waals surface area contributed by atoms with Gasteiger partial charge in [-0.2, -0.15) is 0 Å². The molecule has 3 atom stereocenters. The minimum atomic E-state index is 0. The van der Waals surface area contributed by atoms with Crippen molar-refractivity contribution in [3.63, 3.8) is 0 Å². The number of nitrogens with zero attached hydrogens (tertiary/aromatic N) is 2. The van der Waals surface area contributed by atoms with Crippen LogP contribution in [-0.2, 0) is 0 Å². The Hall–Kier alpha value is -0.0400. The molecule has 1 aliphatic rings. The quantitative estimate of drug-likeness (QED) is 0.395. The SMILES string of the molecule is CCNC(=NCC(CC(C)C)N(C)C)NC1CC1C.I. The lowest BCUT2D eigenvalue weighted by molar-refractivity contribution is 0.261. The molecule has 0 radical (unpaired) electrons. The van der Waals surface area contributed by atoms with Crippen LogP contribution in [0.4, 0.5) is 0 Å². The predicted molar refractivity (Wildman–Crippen MR) is 99.0 cm³/mol. The highest BCUT2D eigenvalue weighted by Gasteiger charge is 2.33. The van der Waals surface area contributed by atoms with Crippen LogP contribution in [0.25, 0.3) is 0 Å². The van der Waals surface area contributed by atoms with Crippen LogP contribution in [0.15, 0.2) is 4.99 Å². The van der Waals surface area contributed by atoms with E-state index < -0.39 is 0 Å². The third-order valence-electron chi connectivity index (χ3n) is 3.71. The molecule has 0 aromatic carbocycles. The number of likely N-dealkylation sites (N-methyl/N-ethyl adjacent to an activating group) is 1. The lowest BCUT2D eigenvalue weighted by Crippen LogP contribution is -2.40. The summed E-state index contributed by atoms with van der Waals surface area (Å²) in [7, 11) is 4.29. The summed E-state index contributed by atoms with van der Waals surface area (Å²) in [5.74, 6) is 2.48. The standard InChI is InChI=1S/C15H32N4.HI/c1-7-16-15(18-14-9-12(14)4)17-10-13(19(5)6)8-11(2)3;/h11-14H,7-10H2,1-6H3,(H2,16,17,18);1H. The second-order valence-corrected chi connectivity index (χ2v) is 6.43. The largest absolute Gasteiger partial charge is 0.357 e. The van der Waals surface area contributed by atoms with Gasteiger partial charge in [0.05, 0.1) is 6.54 Å². The number of aliphatic imine (C=N–C) groups is 1. The molecule has 4 nitrogen and oxygen atoms in total. The molecule has 0 saturated heterocycles. The molecule has 120 valence electrons. The van der Waals surface area contributed by atoms with Gasteiger partial charge in [0, 0.05) is 18.6 Å². The Balaban J connectivity index is 0.00000361. The van der Waals surface area contributed by atoms with Crippen LogP contribution in [-0.4, -0.2) is 50.1 Å². The maximum Gasteiger partial charge on any atom is 0.191 e. The van der Waals surface area contributed by atoms with E-state index in [0.717, 1.165) is 25.0 Å². The van der Waals surface area contributed by atoms with Gasteiger partial charge in [-0.15, -0.1) is 24.0 Å². The third-order valence-corrected chi connectivity index (χ3v) is 3.71. The summed E-state index contributed by atoms with van der Waals surface area (Å²) in [5.41, 5.74) is 0. The molecule has 0 aromatic rings. The zero-order valence-electron chi connectivity index (χ0n) is 13.9. The van der Waals surface area contributed by atoms with Crippen LogP contribution in [0.5, 0.6) is 0 Å². The smallest absolute Gasteiger partial charge is 0.191 e. The van der Waals surface area contributed by atoms with Gasteiger partial charge in [0.1, 0.15) is 0 Å². The number of hydrogen-bond donors (Lipinski definition) is 2. The summed E-state index contributed by atoms with van der Waals surface area (Å²) in [5, 5.41) is 6.85. The molecule has 1 aliphatic carbocycles. The molecule has 3 unspecified atom stereocenters. The van der Waals surface area contributed by atoms with Gasteiger partial charge in [-0.05, 0) is 45.7 Å². The molecule has 5 heteroatoms. The maximum atomic E-state index is 4.76. The Morgan fingerprint density at radius 3 is 2.35 bits per heavy atom. The van der Waals surface area contributed by atoms with Gasteiger partial charge in [-0.1, -0.05) is 20.8 Å². The highest BCUT2D eigenvalue weighted by molar-refractivity contribution is 14.0. The van der Waals surface area contributed by atoms with Gasteiger partial charge in [0.15, 0.2) is 5.96 Å². The fourth-order valence-electron chi connectivity index (χ4n) is 2.21. The van der Waals surface area contributed by atoms with E-state index in [0.29, 0.717) is 18.0 Å². The molecule has 0 aromatic heterocycles. The van der Waals surface area contributed by atoms with Crippen molar-refractivity contribution >= 4 is 29.9 Å². The van der Waals surface area contributed by atoms with Crippen molar-refractivity contribution in [1.29, 1.82) is 0 Å². The summed E-state index contributed by atoms with van der Waals surface area (Å²) in [4.78, 5) is 7.04. The molecule has 20 heavy (non-hydrogen) atoms. The van der Waals surface area contributed by atoms with Gasteiger partial charge in [0.25, 0.3) is 0 Å². The van der Waals surface area contributed by atoms with Gasteiger partial charge < -0.3 is 15.5 Å². The molecule has 1 saturated carbocycles. The van der Waals surface area contributed by atoms with E-state index in [2.05, 4.69) is 57.3 Å². The number of halogens is 1. The minimum Gasteiger partial charge on any atom is -0.357 e. The zero-order valence-corrected chi connectivity index (χ0v) is 16.3. The van der Waals surface area contributed by atoms with Crippen molar-refractivity contribution in [3.05, 3.63) is 0 Å². The van der Waals surface area contributed by atoms with E-state index >= 15 is 0 Å². The number of rotatable bonds is 7. The summed E-state index contributed by atoms with van der Waals surface area (Å²) in [6.45, 7) is 10.7. The van der Waals surface area contributed by atoms with Crippen LogP contribution >= 0.6 is 24.0 Å². The zero-order chi connectivity index (χ0) is 14.4. The maximum absolute atomic E-state index is 4.76. The van der Waals surface area contributed by atoms with E-state index in [4.69, 9.17) is 4.99 Å². The fraction of sp³-hybridized carbons (Fsp3) is 0.933. The topological polar surface area (TPSA) is 39.7 Å². The van der Waals surface area contributed by atoms with Crippen LogP contribution in [0.1, 0.15) is 40.5 Å².